The predicted octanol–water partition coefficient (Wildman–Crippen LogP) is 3.26. The van der Waals surface area contributed by atoms with Gasteiger partial charge < -0.3 is 4.90 Å². The second-order valence-corrected chi connectivity index (χ2v) is 7.96. The first-order chi connectivity index (χ1) is 10.3. The van der Waals surface area contributed by atoms with Gasteiger partial charge in [-0.15, -0.1) is 23.5 Å². The van der Waals surface area contributed by atoms with E-state index >= 15 is 0 Å². The Kier molecular flexibility index (Phi) is 4.94. The molecule has 110 valence electrons. The van der Waals surface area contributed by atoms with Crippen LogP contribution in [-0.4, -0.2) is 26.4 Å². The zero-order valence-electron chi connectivity index (χ0n) is 12.6. The van der Waals surface area contributed by atoms with Crippen molar-refractivity contribution in [3.63, 3.8) is 0 Å². The standard InChI is InChI=1S/C18H21NS2/c1-19(2)11-12-20-18-15-8-4-3-7-14(15)13-21-17-10-6-5-9-16(17)18/h3-10,18H,11-13H2,1-2H3/p+1/t18-/m0/s1. The van der Waals surface area contributed by atoms with Crippen LogP contribution in [0.25, 0.3) is 0 Å². The van der Waals surface area contributed by atoms with E-state index in [0.717, 1.165) is 5.75 Å². The molecule has 1 heterocycles. The summed E-state index contributed by atoms with van der Waals surface area (Å²) in [7, 11) is 4.46. The van der Waals surface area contributed by atoms with E-state index in [2.05, 4.69) is 74.4 Å². The van der Waals surface area contributed by atoms with E-state index in [0.29, 0.717) is 5.25 Å². The molecule has 1 nitrogen and oxygen atoms in total. The maximum Gasteiger partial charge on any atom is 0.0859 e. The van der Waals surface area contributed by atoms with Crippen molar-refractivity contribution in [3.05, 3.63) is 65.2 Å². The summed E-state index contributed by atoms with van der Waals surface area (Å²) < 4.78 is 0. The number of fused-ring (bicyclic) bond motifs is 2. The number of hydrogen-bond donors (Lipinski definition) is 1. The molecule has 3 rings (SSSR count). The third-order valence-corrected chi connectivity index (χ3v) is 6.23. The molecule has 0 unspecified atom stereocenters. The molecule has 1 aliphatic heterocycles. The number of quaternary nitrogens is 1. The van der Waals surface area contributed by atoms with Crippen LogP contribution in [0.4, 0.5) is 0 Å². The Morgan fingerprint density at radius 3 is 2.57 bits per heavy atom. The van der Waals surface area contributed by atoms with E-state index < -0.39 is 0 Å². The minimum atomic E-state index is 0.478. The van der Waals surface area contributed by atoms with Gasteiger partial charge in [0.1, 0.15) is 0 Å². The van der Waals surface area contributed by atoms with Crippen LogP contribution in [0.1, 0.15) is 21.9 Å². The van der Waals surface area contributed by atoms with Crippen LogP contribution in [0.3, 0.4) is 0 Å². The van der Waals surface area contributed by atoms with Crippen molar-refractivity contribution < 1.29 is 4.90 Å². The van der Waals surface area contributed by atoms with Crippen LogP contribution >= 0.6 is 23.5 Å². The predicted molar refractivity (Wildman–Crippen MR) is 94.4 cm³/mol. The summed E-state index contributed by atoms with van der Waals surface area (Å²) in [6.45, 7) is 1.21. The molecule has 0 spiro atoms. The van der Waals surface area contributed by atoms with Crippen molar-refractivity contribution in [2.45, 2.75) is 15.9 Å². The maximum atomic E-state index is 2.32. The lowest BCUT2D eigenvalue weighted by atomic mass is 10.0. The van der Waals surface area contributed by atoms with Crippen LogP contribution in [0.5, 0.6) is 0 Å². The minimum Gasteiger partial charge on any atom is -0.339 e. The van der Waals surface area contributed by atoms with Crippen molar-refractivity contribution in [3.8, 4) is 0 Å². The van der Waals surface area contributed by atoms with Crippen molar-refractivity contribution in [1.29, 1.82) is 0 Å². The summed E-state index contributed by atoms with van der Waals surface area (Å²) >= 11 is 4.07. The Balaban J connectivity index is 1.95. The molecule has 0 aliphatic carbocycles. The first-order valence-corrected chi connectivity index (χ1v) is 9.49. The zero-order valence-corrected chi connectivity index (χ0v) is 14.3. The number of nitrogens with one attached hydrogen (secondary N) is 1. The van der Waals surface area contributed by atoms with E-state index in [1.54, 1.807) is 0 Å². The van der Waals surface area contributed by atoms with E-state index in [4.69, 9.17) is 0 Å². The van der Waals surface area contributed by atoms with Crippen LogP contribution < -0.4 is 4.90 Å². The largest absolute Gasteiger partial charge is 0.339 e. The Bertz CT molecular complexity index is 562. The fourth-order valence-electron chi connectivity index (χ4n) is 2.63. The highest BCUT2D eigenvalue weighted by molar-refractivity contribution is 8.00. The average molecular weight is 317 g/mol. The Hall–Kier alpha value is -0.900. The minimum absolute atomic E-state index is 0.478. The molecule has 21 heavy (non-hydrogen) atoms. The van der Waals surface area contributed by atoms with Gasteiger partial charge in [0, 0.05) is 16.4 Å². The molecule has 0 saturated carbocycles. The molecular formula is C18H22NS2+. The summed E-state index contributed by atoms with van der Waals surface area (Å²) in [5.74, 6) is 2.28. The molecule has 0 fully saturated rings. The van der Waals surface area contributed by atoms with Crippen LogP contribution in [0.15, 0.2) is 53.4 Å². The summed E-state index contributed by atoms with van der Waals surface area (Å²) in [6.07, 6.45) is 0. The monoisotopic (exact) mass is 316 g/mol. The molecule has 0 saturated heterocycles. The van der Waals surface area contributed by atoms with Gasteiger partial charge in [0.15, 0.2) is 0 Å². The normalized spacial score (nSPS) is 17.2. The Morgan fingerprint density at radius 2 is 1.76 bits per heavy atom. The van der Waals surface area contributed by atoms with Gasteiger partial charge >= 0.3 is 0 Å². The zero-order chi connectivity index (χ0) is 14.7. The molecule has 0 amide bonds. The fourth-order valence-corrected chi connectivity index (χ4v) is 5.37. The Morgan fingerprint density at radius 1 is 1.05 bits per heavy atom. The first-order valence-electron chi connectivity index (χ1n) is 7.46. The van der Waals surface area contributed by atoms with E-state index in [1.165, 1.54) is 38.8 Å². The van der Waals surface area contributed by atoms with Crippen molar-refractivity contribution in [2.75, 3.05) is 26.4 Å². The second-order valence-electron chi connectivity index (χ2n) is 5.73. The third-order valence-electron chi connectivity index (χ3n) is 3.81. The summed E-state index contributed by atoms with van der Waals surface area (Å²) in [4.78, 5) is 2.97. The van der Waals surface area contributed by atoms with Crippen LogP contribution in [0.2, 0.25) is 0 Å². The van der Waals surface area contributed by atoms with E-state index in [1.807, 2.05) is 11.8 Å². The molecule has 0 bridgehead atoms. The second kappa shape index (κ2) is 6.91. The topological polar surface area (TPSA) is 4.44 Å². The number of benzene rings is 2. The van der Waals surface area contributed by atoms with Crippen molar-refractivity contribution >= 4 is 23.5 Å². The lowest BCUT2D eigenvalue weighted by molar-refractivity contribution is -0.855. The van der Waals surface area contributed by atoms with Gasteiger partial charge in [-0.3, -0.25) is 0 Å². The van der Waals surface area contributed by atoms with Crippen molar-refractivity contribution in [1.82, 2.24) is 0 Å². The number of hydrogen-bond acceptors (Lipinski definition) is 2. The average Bonchev–Trinajstić information content (AvgIpc) is 2.65. The summed E-state index contributed by atoms with van der Waals surface area (Å²) in [5, 5.41) is 0.478. The van der Waals surface area contributed by atoms with Gasteiger partial charge in [0.25, 0.3) is 0 Å². The molecule has 1 N–H and O–H groups in total. The van der Waals surface area contributed by atoms with Gasteiger partial charge in [-0.25, -0.2) is 0 Å². The number of rotatable bonds is 4. The van der Waals surface area contributed by atoms with Crippen molar-refractivity contribution in [2.24, 2.45) is 0 Å². The number of thioether (sulfide) groups is 2. The maximum absolute atomic E-state index is 2.32. The van der Waals surface area contributed by atoms with Gasteiger partial charge in [0.2, 0.25) is 0 Å². The smallest absolute Gasteiger partial charge is 0.0859 e. The molecule has 1 aliphatic rings. The molecule has 2 aromatic carbocycles. The fraction of sp³-hybridized carbons (Fsp3) is 0.333. The molecule has 3 heteroatoms. The van der Waals surface area contributed by atoms with Gasteiger partial charge in [-0.1, -0.05) is 42.5 Å². The quantitative estimate of drug-likeness (QED) is 0.923. The van der Waals surface area contributed by atoms with Gasteiger partial charge in [-0.05, 0) is 22.8 Å². The molecule has 1 atom stereocenters. The van der Waals surface area contributed by atoms with E-state index in [9.17, 15) is 0 Å². The SMILES string of the molecule is C[NH+](C)CCS[C@H]1c2ccccc2CSc2ccccc21. The van der Waals surface area contributed by atoms with E-state index in [-0.39, 0.29) is 0 Å². The Labute approximate surface area is 136 Å². The van der Waals surface area contributed by atoms with Crippen LogP contribution in [-0.2, 0) is 5.75 Å². The first kappa shape index (κ1) is 15.0. The van der Waals surface area contributed by atoms with Gasteiger partial charge in [-0.2, -0.15) is 0 Å². The lowest BCUT2D eigenvalue weighted by Gasteiger charge is -2.20. The summed E-state index contributed by atoms with van der Waals surface area (Å²) in [6, 6.07) is 17.9. The molecule has 0 aromatic heterocycles. The molecular weight excluding hydrogens is 294 g/mol. The molecule has 2 aromatic rings. The highest BCUT2D eigenvalue weighted by Gasteiger charge is 2.23. The van der Waals surface area contributed by atoms with Crippen LogP contribution in [0, 0.1) is 0 Å². The third kappa shape index (κ3) is 3.47. The summed E-state index contributed by atoms with van der Waals surface area (Å²) in [5.41, 5.74) is 4.49. The highest BCUT2D eigenvalue weighted by Crippen LogP contribution is 2.45. The highest BCUT2D eigenvalue weighted by atomic mass is 32.2. The van der Waals surface area contributed by atoms with Gasteiger partial charge in [0.05, 0.1) is 25.9 Å². The lowest BCUT2D eigenvalue weighted by Crippen LogP contribution is -3.06. The molecule has 0 radical (unpaired) electrons.